The Hall–Kier alpha value is -1.64. The summed E-state index contributed by atoms with van der Waals surface area (Å²) in [6.07, 6.45) is 7.91. The lowest BCUT2D eigenvalue weighted by atomic mass is 9.76. The van der Waals surface area contributed by atoms with Crippen molar-refractivity contribution in [2.24, 2.45) is 17.6 Å². The number of carbonyl (C=O) groups is 2. The number of piperidine rings is 2. The molecule has 1 aliphatic carbocycles. The van der Waals surface area contributed by atoms with Gasteiger partial charge in [0.2, 0.25) is 5.91 Å². The standard InChI is InChI=1S/C27H31Br2ClN4O2/c28-19-14-18-1-2-21-20(3-4-22(30)25(21)29)24(26(18)32-15-19)17-7-11-33(12-8-17)23(35)13-16-5-9-34(10-6-16)27(31)36/h3-4,14-17,24H,1-2,5-13H2,(H2,31,36)/t24-/m0/s1. The summed E-state index contributed by atoms with van der Waals surface area (Å²) < 4.78 is 2.00. The van der Waals surface area contributed by atoms with Gasteiger partial charge in [0.1, 0.15) is 0 Å². The van der Waals surface area contributed by atoms with Gasteiger partial charge in [-0.1, -0.05) is 17.7 Å². The van der Waals surface area contributed by atoms with Crippen LogP contribution in [0.25, 0.3) is 0 Å². The normalized spacial score (nSPS) is 21.0. The highest BCUT2D eigenvalue weighted by atomic mass is 79.9. The Kier molecular flexibility index (Phi) is 7.94. The Bertz CT molecular complexity index is 1160. The molecule has 9 heteroatoms. The quantitative estimate of drug-likeness (QED) is 0.454. The van der Waals surface area contributed by atoms with E-state index in [1.807, 2.05) is 17.2 Å². The highest BCUT2D eigenvalue weighted by Gasteiger charge is 2.36. The number of aromatic nitrogens is 1. The van der Waals surface area contributed by atoms with Gasteiger partial charge >= 0.3 is 6.03 Å². The highest BCUT2D eigenvalue weighted by Crippen LogP contribution is 2.45. The summed E-state index contributed by atoms with van der Waals surface area (Å²) in [5.74, 6) is 1.17. The van der Waals surface area contributed by atoms with E-state index >= 15 is 0 Å². The molecule has 0 unspecified atom stereocenters. The van der Waals surface area contributed by atoms with Gasteiger partial charge in [-0.2, -0.15) is 0 Å². The Labute approximate surface area is 234 Å². The maximum absolute atomic E-state index is 13.1. The van der Waals surface area contributed by atoms with Crippen molar-refractivity contribution in [2.75, 3.05) is 26.2 Å². The van der Waals surface area contributed by atoms with Gasteiger partial charge < -0.3 is 15.5 Å². The van der Waals surface area contributed by atoms with Crippen LogP contribution in [0.1, 0.15) is 60.4 Å². The maximum Gasteiger partial charge on any atom is 0.314 e. The first-order valence-electron chi connectivity index (χ1n) is 12.7. The van der Waals surface area contributed by atoms with E-state index in [-0.39, 0.29) is 17.9 Å². The molecule has 6 nitrogen and oxygen atoms in total. The fourth-order valence-corrected chi connectivity index (χ4v) is 7.34. The Morgan fingerprint density at radius 1 is 1.03 bits per heavy atom. The van der Waals surface area contributed by atoms with Gasteiger partial charge in [0.25, 0.3) is 0 Å². The zero-order chi connectivity index (χ0) is 25.4. The number of halogens is 3. The third-order valence-corrected chi connectivity index (χ3v) is 10.1. The summed E-state index contributed by atoms with van der Waals surface area (Å²) >= 11 is 13.8. The van der Waals surface area contributed by atoms with Crippen molar-refractivity contribution in [1.29, 1.82) is 0 Å². The number of fused-ring (bicyclic) bond motifs is 2. The number of nitrogens with two attached hydrogens (primary N) is 1. The molecule has 3 aliphatic rings. The van der Waals surface area contributed by atoms with E-state index in [1.54, 1.807) is 4.90 Å². The van der Waals surface area contributed by atoms with Crippen LogP contribution >= 0.6 is 43.5 Å². The zero-order valence-electron chi connectivity index (χ0n) is 20.2. The Morgan fingerprint density at radius 2 is 1.72 bits per heavy atom. The van der Waals surface area contributed by atoms with E-state index in [9.17, 15) is 9.59 Å². The lowest BCUT2D eigenvalue weighted by molar-refractivity contribution is -0.134. The number of aryl methyl sites for hydroxylation is 1. The summed E-state index contributed by atoms with van der Waals surface area (Å²) in [4.78, 5) is 33.1. The molecule has 3 heterocycles. The van der Waals surface area contributed by atoms with E-state index < -0.39 is 0 Å². The molecule has 2 aromatic rings. The van der Waals surface area contributed by atoms with Crippen LogP contribution < -0.4 is 5.73 Å². The van der Waals surface area contributed by atoms with Crippen LogP contribution in [-0.2, 0) is 17.6 Å². The number of hydrogen-bond acceptors (Lipinski definition) is 3. The predicted molar refractivity (Wildman–Crippen MR) is 148 cm³/mol. The lowest BCUT2D eigenvalue weighted by Gasteiger charge is -2.38. The number of nitrogens with zero attached hydrogens (tertiary/aromatic N) is 3. The SMILES string of the molecule is NC(=O)N1CCC(CC(=O)N2CCC([C@H]3c4ccc(Cl)c(Br)c4CCc4cc(Br)cnc43)CC2)CC1. The Morgan fingerprint density at radius 3 is 2.42 bits per heavy atom. The van der Waals surface area contributed by atoms with E-state index in [0.29, 0.717) is 31.3 Å². The van der Waals surface area contributed by atoms with Crippen LogP contribution in [0, 0.1) is 11.8 Å². The molecule has 5 rings (SSSR count). The van der Waals surface area contributed by atoms with Crippen LogP contribution in [-0.4, -0.2) is 52.9 Å². The van der Waals surface area contributed by atoms with Crippen molar-refractivity contribution in [2.45, 2.75) is 50.9 Å². The molecule has 1 aromatic heterocycles. The summed E-state index contributed by atoms with van der Waals surface area (Å²) in [6.45, 7) is 2.85. The zero-order valence-corrected chi connectivity index (χ0v) is 24.1. The molecule has 0 radical (unpaired) electrons. The number of likely N-dealkylation sites (tertiary alicyclic amines) is 2. The fourth-order valence-electron chi connectivity index (χ4n) is 6.22. The van der Waals surface area contributed by atoms with Gasteiger partial charge in [-0.25, -0.2) is 4.79 Å². The van der Waals surface area contributed by atoms with Gasteiger partial charge in [-0.3, -0.25) is 9.78 Å². The average Bonchev–Trinajstić information content (AvgIpc) is 3.03. The number of primary amides is 1. The number of carbonyl (C=O) groups excluding carboxylic acids is 2. The van der Waals surface area contributed by atoms with E-state index in [1.165, 1.54) is 16.7 Å². The van der Waals surface area contributed by atoms with Crippen molar-refractivity contribution in [3.05, 3.63) is 60.7 Å². The van der Waals surface area contributed by atoms with Crippen molar-refractivity contribution in [1.82, 2.24) is 14.8 Å². The second kappa shape index (κ2) is 11.0. The van der Waals surface area contributed by atoms with Crippen LogP contribution in [0.2, 0.25) is 5.02 Å². The van der Waals surface area contributed by atoms with Crippen molar-refractivity contribution in [3.8, 4) is 0 Å². The molecule has 1 atom stereocenters. The number of benzene rings is 1. The topological polar surface area (TPSA) is 79.5 Å². The van der Waals surface area contributed by atoms with Crippen LogP contribution in [0.5, 0.6) is 0 Å². The van der Waals surface area contributed by atoms with Gasteiger partial charge in [0, 0.05) is 53.7 Å². The number of rotatable bonds is 3. The molecule has 2 saturated heterocycles. The molecule has 3 amide bonds. The van der Waals surface area contributed by atoms with Crippen LogP contribution in [0.3, 0.4) is 0 Å². The minimum atomic E-state index is -0.361. The third kappa shape index (κ3) is 5.32. The molecule has 192 valence electrons. The summed E-state index contributed by atoms with van der Waals surface area (Å²) in [5.41, 5.74) is 10.4. The maximum atomic E-state index is 13.1. The number of pyridine rings is 1. The van der Waals surface area contributed by atoms with Crippen molar-refractivity contribution in [3.63, 3.8) is 0 Å². The smallest absolute Gasteiger partial charge is 0.314 e. The predicted octanol–water partition coefficient (Wildman–Crippen LogP) is 5.91. The molecule has 1 aromatic carbocycles. The first kappa shape index (κ1) is 26.0. The average molecular weight is 639 g/mol. The van der Waals surface area contributed by atoms with E-state index in [2.05, 4.69) is 44.0 Å². The summed E-state index contributed by atoms with van der Waals surface area (Å²) in [5, 5.41) is 0.745. The number of amides is 3. The van der Waals surface area contributed by atoms with Crippen LogP contribution in [0.15, 0.2) is 33.3 Å². The second-order valence-corrected chi connectivity index (χ2v) is 12.4. The van der Waals surface area contributed by atoms with Gasteiger partial charge in [-0.05, 0) is 111 Å². The van der Waals surface area contributed by atoms with Crippen molar-refractivity contribution >= 4 is 55.4 Å². The number of urea groups is 1. The first-order chi connectivity index (χ1) is 17.3. The molecule has 0 spiro atoms. The monoisotopic (exact) mass is 636 g/mol. The molecule has 0 bridgehead atoms. The molecule has 36 heavy (non-hydrogen) atoms. The molecule has 2 fully saturated rings. The van der Waals surface area contributed by atoms with Gasteiger partial charge in [0.15, 0.2) is 0 Å². The van der Waals surface area contributed by atoms with Crippen molar-refractivity contribution < 1.29 is 9.59 Å². The lowest BCUT2D eigenvalue weighted by Crippen LogP contribution is -2.44. The third-order valence-electron chi connectivity index (χ3n) is 8.23. The fraction of sp³-hybridized carbons (Fsp3) is 0.519. The molecule has 2 aliphatic heterocycles. The summed E-state index contributed by atoms with van der Waals surface area (Å²) in [6, 6.07) is 6.02. The minimum Gasteiger partial charge on any atom is -0.351 e. The minimum absolute atomic E-state index is 0.189. The van der Waals surface area contributed by atoms with E-state index in [0.717, 1.165) is 71.3 Å². The molecular weight excluding hydrogens is 608 g/mol. The van der Waals surface area contributed by atoms with Gasteiger partial charge in [-0.15, -0.1) is 0 Å². The Balaban J connectivity index is 1.30. The number of hydrogen-bond donors (Lipinski definition) is 1. The van der Waals surface area contributed by atoms with Gasteiger partial charge in [0.05, 0.1) is 10.7 Å². The van der Waals surface area contributed by atoms with E-state index in [4.69, 9.17) is 22.3 Å². The first-order valence-corrected chi connectivity index (χ1v) is 14.7. The largest absolute Gasteiger partial charge is 0.351 e. The van der Waals surface area contributed by atoms with Crippen LogP contribution in [0.4, 0.5) is 4.79 Å². The molecular formula is C27H31Br2ClN4O2. The summed E-state index contributed by atoms with van der Waals surface area (Å²) in [7, 11) is 0. The molecule has 2 N–H and O–H groups in total. The second-order valence-electron chi connectivity index (χ2n) is 10.3. The highest BCUT2D eigenvalue weighted by molar-refractivity contribution is 9.10. The molecule has 0 saturated carbocycles.